The molecule has 0 saturated heterocycles. The predicted octanol–water partition coefficient (Wildman–Crippen LogP) is 6.16. The van der Waals surface area contributed by atoms with Crippen molar-refractivity contribution < 1.29 is 14.7 Å². The van der Waals surface area contributed by atoms with Gasteiger partial charge in [0.05, 0.1) is 5.76 Å². The van der Waals surface area contributed by atoms with Gasteiger partial charge in [0.25, 0.3) is 0 Å². The zero-order valence-corrected chi connectivity index (χ0v) is 20.2. The lowest BCUT2D eigenvalue weighted by Crippen LogP contribution is -2.41. The first kappa shape index (κ1) is 28.9. The number of hydrogen-bond acceptors (Lipinski definition) is 5. The van der Waals surface area contributed by atoms with Crippen molar-refractivity contribution in [1.82, 2.24) is 5.32 Å². The number of thioether (sulfide) groups is 1. The number of aliphatic hydroxyl groups excluding tert-OH is 1. The van der Waals surface area contributed by atoms with Crippen LogP contribution in [0.4, 0.5) is 0 Å². The van der Waals surface area contributed by atoms with E-state index in [1.54, 1.807) is 0 Å². The summed E-state index contributed by atoms with van der Waals surface area (Å²) < 4.78 is 0. The van der Waals surface area contributed by atoms with Crippen LogP contribution in [0.2, 0.25) is 0 Å². The van der Waals surface area contributed by atoms with Gasteiger partial charge in [0.2, 0.25) is 5.91 Å². The van der Waals surface area contributed by atoms with Crippen molar-refractivity contribution >= 4 is 23.6 Å². The van der Waals surface area contributed by atoms with Crippen molar-refractivity contribution in [3.05, 3.63) is 52.2 Å². The minimum Gasteiger partial charge on any atom is -0.513 e. The van der Waals surface area contributed by atoms with E-state index in [0.717, 1.165) is 25.7 Å². The van der Waals surface area contributed by atoms with Gasteiger partial charge in [-0.1, -0.05) is 41.5 Å². The SMILES string of the molecule is C=C(O)CCCC(=O)NC(CSC/C=C(\C)CC/C=C(\C)CCC=C(C)C)C(=O)N=O. The smallest absolute Gasteiger partial charge is 0.309 e. The van der Waals surface area contributed by atoms with Gasteiger partial charge in [-0.25, -0.2) is 0 Å². The van der Waals surface area contributed by atoms with Crippen LogP contribution in [0.3, 0.4) is 0 Å². The van der Waals surface area contributed by atoms with E-state index in [4.69, 9.17) is 5.11 Å². The molecule has 0 aromatic rings. The van der Waals surface area contributed by atoms with E-state index < -0.39 is 11.9 Å². The molecule has 0 bridgehead atoms. The predicted molar refractivity (Wildman–Crippen MR) is 131 cm³/mol. The highest BCUT2D eigenvalue weighted by molar-refractivity contribution is 7.99. The van der Waals surface area contributed by atoms with E-state index >= 15 is 0 Å². The summed E-state index contributed by atoms with van der Waals surface area (Å²) in [4.78, 5) is 34.2. The van der Waals surface area contributed by atoms with Crippen molar-refractivity contribution in [2.24, 2.45) is 5.18 Å². The molecule has 174 valence electrons. The van der Waals surface area contributed by atoms with Crippen LogP contribution in [0.25, 0.3) is 0 Å². The largest absolute Gasteiger partial charge is 0.513 e. The molecule has 0 spiro atoms. The number of amides is 2. The molecule has 7 heteroatoms. The first-order valence-corrected chi connectivity index (χ1v) is 11.9. The number of rotatable bonds is 16. The van der Waals surface area contributed by atoms with Crippen molar-refractivity contribution in [1.29, 1.82) is 0 Å². The molecule has 0 aromatic carbocycles. The lowest BCUT2D eigenvalue weighted by Gasteiger charge is -2.13. The Hall–Kier alpha value is -2.15. The quantitative estimate of drug-likeness (QED) is 0.127. The van der Waals surface area contributed by atoms with Crippen LogP contribution in [0, 0.1) is 4.91 Å². The number of hydrogen-bond donors (Lipinski definition) is 2. The van der Waals surface area contributed by atoms with Crippen LogP contribution in [0.15, 0.2) is 52.5 Å². The molecule has 2 N–H and O–H groups in total. The third-order valence-corrected chi connectivity index (χ3v) is 5.52. The second-order valence-corrected chi connectivity index (χ2v) is 9.04. The summed E-state index contributed by atoms with van der Waals surface area (Å²) >= 11 is 1.47. The topological polar surface area (TPSA) is 95.8 Å². The number of nitrogens with zero attached hydrogens (tertiary/aromatic N) is 1. The van der Waals surface area contributed by atoms with Crippen molar-refractivity contribution in [3.8, 4) is 0 Å². The number of nitrogens with one attached hydrogen (secondary N) is 1. The molecule has 0 aliphatic rings. The third-order valence-electron chi connectivity index (χ3n) is 4.55. The average molecular weight is 451 g/mol. The molecule has 0 fully saturated rings. The molecule has 0 aromatic heterocycles. The Morgan fingerprint density at radius 2 is 1.61 bits per heavy atom. The molecule has 0 heterocycles. The first-order chi connectivity index (χ1) is 14.6. The van der Waals surface area contributed by atoms with Gasteiger partial charge in [0.15, 0.2) is 0 Å². The average Bonchev–Trinajstić information content (AvgIpc) is 2.69. The molecule has 1 unspecified atom stereocenters. The van der Waals surface area contributed by atoms with Gasteiger partial charge >= 0.3 is 5.91 Å². The highest BCUT2D eigenvalue weighted by atomic mass is 32.2. The zero-order valence-electron chi connectivity index (χ0n) is 19.4. The lowest BCUT2D eigenvalue weighted by molar-refractivity contribution is -0.126. The molecule has 0 saturated carbocycles. The highest BCUT2D eigenvalue weighted by Gasteiger charge is 2.21. The summed E-state index contributed by atoms with van der Waals surface area (Å²) in [5, 5.41) is 14.1. The maximum absolute atomic E-state index is 11.9. The molecular weight excluding hydrogens is 412 g/mol. The van der Waals surface area contributed by atoms with E-state index in [-0.39, 0.29) is 23.8 Å². The molecule has 0 rings (SSSR count). The van der Waals surface area contributed by atoms with Crippen molar-refractivity contribution in [2.45, 2.75) is 78.7 Å². The summed E-state index contributed by atoms with van der Waals surface area (Å²) in [5.41, 5.74) is 4.02. The van der Waals surface area contributed by atoms with E-state index in [2.05, 4.69) is 63.0 Å². The van der Waals surface area contributed by atoms with Gasteiger partial charge in [-0.3, -0.25) is 9.59 Å². The van der Waals surface area contributed by atoms with Gasteiger partial charge < -0.3 is 10.4 Å². The van der Waals surface area contributed by atoms with Crippen LogP contribution in [-0.4, -0.2) is 34.5 Å². The van der Waals surface area contributed by atoms with Crippen LogP contribution in [0.1, 0.15) is 72.6 Å². The van der Waals surface area contributed by atoms with Crippen molar-refractivity contribution in [3.63, 3.8) is 0 Å². The van der Waals surface area contributed by atoms with Gasteiger partial charge in [0, 0.05) is 29.5 Å². The Bertz CT molecular complexity index is 692. The van der Waals surface area contributed by atoms with Gasteiger partial charge in [0.1, 0.15) is 6.04 Å². The summed E-state index contributed by atoms with van der Waals surface area (Å²) in [6.07, 6.45) is 11.7. The minimum absolute atomic E-state index is 0.0158. The molecule has 31 heavy (non-hydrogen) atoms. The van der Waals surface area contributed by atoms with Crippen molar-refractivity contribution in [2.75, 3.05) is 11.5 Å². The van der Waals surface area contributed by atoms with Gasteiger partial charge in [-0.05, 0) is 59.8 Å². The second kappa shape index (κ2) is 17.5. The summed E-state index contributed by atoms with van der Waals surface area (Å²) in [6, 6.07) is -0.924. The molecule has 0 aliphatic carbocycles. The van der Waals surface area contributed by atoms with Crippen LogP contribution < -0.4 is 5.32 Å². The third kappa shape index (κ3) is 17.2. The maximum Gasteiger partial charge on any atom is 0.309 e. The number of allylic oxidation sites excluding steroid dienone is 6. The first-order valence-electron chi connectivity index (χ1n) is 10.7. The standard InChI is InChI=1S/C24H38N2O4S/c1-18(2)9-6-10-19(3)11-7-12-20(4)15-16-31-17-22(24(29)26-30)25-23(28)14-8-13-21(5)27/h9,11,15,22,27H,5-8,10,12-14,16-17H2,1-4H3,(H,25,28)/b19-11+,20-15+. The van der Waals surface area contributed by atoms with Crippen LogP contribution in [0.5, 0.6) is 0 Å². The monoisotopic (exact) mass is 450 g/mol. The number of aliphatic hydroxyl groups is 1. The Balaban J connectivity index is 4.33. The van der Waals surface area contributed by atoms with E-state index in [1.807, 2.05) is 0 Å². The number of nitroso groups, excluding NO2 is 1. The molecule has 0 aliphatic heterocycles. The Labute approximate surface area is 191 Å². The van der Waals surface area contributed by atoms with E-state index in [1.165, 1.54) is 28.5 Å². The Kier molecular flexibility index (Phi) is 16.3. The Morgan fingerprint density at radius 3 is 2.19 bits per heavy atom. The van der Waals surface area contributed by atoms with E-state index in [0.29, 0.717) is 18.6 Å². The normalized spacial score (nSPS) is 12.8. The van der Waals surface area contributed by atoms with Gasteiger partial charge in [-0.2, -0.15) is 11.8 Å². The zero-order chi connectivity index (χ0) is 23.6. The van der Waals surface area contributed by atoms with Gasteiger partial charge in [-0.15, -0.1) is 4.91 Å². The summed E-state index contributed by atoms with van der Waals surface area (Å²) in [6.45, 7) is 11.8. The Morgan fingerprint density at radius 1 is 1.00 bits per heavy atom. The number of carbonyl (C=O) groups excluding carboxylic acids is 2. The number of carbonyl (C=O) groups is 2. The minimum atomic E-state index is -0.924. The second-order valence-electron chi connectivity index (χ2n) is 7.97. The fourth-order valence-electron chi connectivity index (χ4n) is 2.68. The molecule has 0 radical (unpaired) electrons. The molecular formula is C24H38N2O4S. The molecule has 1 atom stereocenters. The highest BCUT2D eigenvalue weighted by Crippen LogP contribution is 2.13. The fourth-order valence-corrected chi connectivity index (χ4v) is 3.68. The molecule has 2 amide bonds. The fraction of sp³-hybridized carbons (Fsp3) is 0.583. The van der Waals surface area contributed by atoms with Crippen LogP contribution >= 0.6 is 11.8 Å². The summed E-state index contributed by atoms with van der Waals surface area (Å²) in [7, 11) is 0. The molecule has 6 nitrogen and oxygen atoms in total. The maximum atomic E-state index is 11.9. The van der Waals surface area contributed by atoms with E-state index in [9.17, 15) is 14.5 Å². The summed E-state index contributed by atoms with van der Waals surface area (Å²) in [5.74, 6) is -0.222. The van der Waals surface area contributed by atoms with Crippen LogP contribution in [-0.2, 0) is 9.59 Å². The lowest BCUT2D eigenvalue weighted by atomic mass is 10.1.